The summed E-state index contributed by atoms with van der Waals surface area (Å²) in [6.45, 7) is 0. The van der Waals surface area contributed by atoms with Crippen LogP contribution in [0.2, 0.25) is 0 Å². The number of rotatable bonds is 7. The van der Waals surface area contributed by atoms with Gasteiger partial charge in [0.25, 0.3) is 0 Å². The largest absolute Gasteiger partial charge is 0.497 e. The summed E-state index contributed by atoms with van der Waals surface area (Å²) in [6.07, 6.45) is 0. The molecule has 0 atom stereocenters. The van der Waals surface area contributed by atoms with Crippen LogP contribution in [0.15, 0.2) is 54.6 Å². The highest BCUT2D eigenvalue weighted by Crippen LogP contribution is 2.47. The minimum absolute atomic E-state index is 0.122. The zero-order valence-electron chi connectivity index (χ0n) is 15.1. The first-order chi connectivity index (χ1) is 13.0. The van der Waals surface area contributed by atoms with Crippen molar-refractivity contribution in [1.82, 2.24) is 10.2 Å². The molecule has 1 heterocycles. The minimum Gasteiger partial charge on any atom is -0.497 e. The van der Waals surface area contributed by atoms with Crippen molar-refractivity contribution >= 4 is 18.8 Å². The normalized spacial score (nSPS) is 11.4. The number of aromatic amines is 1. The first-order valence-corrected chi connectivity index (χ1v) is 9.63. The number of benzene rings is 2. The van der Waals surface area contributed by atoms with Crippen LogP contribution in [0.1, 0.15) is 16.1 Å². The predicted molar refractivity (Wildman–Crippen MR) is 102 cm³/mol. The molecule has 0 aliphatic heterocycles. The fourth-order valence-electron chi connectivity index (χ4n) is 2.71. The second-order valence-electron chi connectivity index (χ2n) is 5.58. The van der Waals surface area contributed by atoms with Crippen molar-refractivity contribution in [2.75, 3.05) is 21.3 Å². The van der Waals surface area contributed by atoms with Gasteiger partial charge in [0.15, 0.2) is 5.44 Å². The topological polar surface area (TPSA) is 90.5 Å². The number of nitrogens with one attached hydrogen (secondary N) is 1. The Bertz CT molecular complexity index is 975. The average Bonchev–Trinajstić information content (AvgIpc) is 3.19. The van der Waals surface area contributed by atoms with E-state index in [4.69, 9.17) is 13.8 Å². The molecule has 140 valence electrons. The van der Waals surface area contributed by atoms with Crippen molar-refractivity contribution in [2.45, 2.75) is 0 Å². The predicted octanol–water partition coefficient (Wildman–Crippen LogP) is 3.43. The van der Waals surface area contributed by atoms with Gasteiger partial charge in [0.05, 0.1) is 7.11 Å². The summed E-state index contributed by atoms with van der Waals surface area (Å²) in [5.74, 6) is 0.351. The van der Waals surface area contributed by atoms with E-state index in [-0.39, 0.29) is 16.9 Å². The Balaban J connectivity index is 2.21. The molecule has 0 bridgehead atoms. The van der Waals surface area contributed by atoms with E-state index in [0.717, 1.165) is 0 Å². The van der Waals surface area contributed by atoms with Crippen LogP contribution in [0.5, 0.6) is 5.75 Å². The van der Waals surface area contributed by atoms with Crippen LogP contribution in [-0.2, 0) is 13.6 Å². The summed E-state index contributed by atoms with van der Waals surface area (Å²) < 4.78 is 28.4. The van der Waals surface area contributed by atoms with Crippen molar-refractivity contribution in [1.29, 1.82) is 0 Å². The second kappa shape index (κ2) is 7.88. The Morgan fingerprint density at radius 1 is 0.963 bits per heavy atom. The van der Waals surface area contributed by atoms with E-state index in [9.17, 15) is 9.36 Å². The number of aromatic nitrogens is 2. The molecule has 0 aliphatic rings. The highest BCUT2D eigenvalue weighted by molar-refractivity contribution is 7.62. The number of ketones is 1. The number of H-pyrrole nitrogens is 1. The van der Waals surface area contributed by atoms with Crippen molar-refractivity contribution in [2.24, 2.45) is 0 Å². The van der Waals surface area contributed by atoms with E-state index >= 15 is 0 Å². The molecule has 0 spiro atoms. The minimum atomic E-state index is -3.67. The van der Waals surface area contributed by atoms with Gasteiger partial charge < -0.3 is 13.8 Å². The molecule has 8 heteroatoms. The monoisotopic (exact) mass is 386 g/mol. The summed E-state index contributed by atoms with van der Waals surface area (Å²) in [5, 5.41) is 6.81. The van der Waals surface area contributed by atoms with E-state index in [1.165, 1.54) is 14.2 Å². The quantitative estimate of drug-likeness (QED) is 0.494. The standard InChI is InChI=1S/C19H19N2O5P/c1-24-15-11-9-13(10-12-15)16-17(18(22)14-7-5-4-6-8-14)20-21-19(16)27(23,25-2)26-3/h4-12H,1-3H3,(H,20,21). The summed E-state index contributed by atoms with van der Waals surface area (Å²) in [5.41, 5.74) is 1.73. The van der Waals surface area contributed by atoms with E-state index in [1.54, 1.807) is 55.6 Å². The Morgan fingerprint density at radius 2 is 1.59 bits per heavy atom. The summed E-state index contributed by atoms with van der Waals surface area (Å²) in [4.78, 5) is 13.0. The van der Waals surface area contributed by atoms with Crippen molar-refractivity contribution in [3.8, 4) is 16.9 Å². The molecule has 0 saturated heterocycles. The molecule has 0 radical (unpaired) electrons. The lowest BCUT2D eigenvalue weighted by Gasteiger charge is -2.14. The van der Waals surface area contributed by atoms with Crippen LogP contribution >= 0.6 is 7.60 Å². The lowest BCUT2D eigenvalue weighted by molar-refractivity contribution is 0.103. The maximum atomic E-state index is 13.0. The van der Waals surface area contributed by atoms with Crippen LogP contribution in [0.25, 0.3) is 11.1 Å². The van der Waals surface area contributed by atoms with Gasteiger partial charge in [-0.15, -0.1) is 0 Å². The van der Waals surface area contributed by atoms with Gasteiger partial charge in [-0.1, -0.05) is 42.5 Å². The molecule has 0 fully saturated rings. The highest BCUT2D eigenvalue weighted by atomic mass is 31.2. The Hall–Kier alpha value is -2.73. The number of ether oxygens (including phenoxy) is 1. The molecular formula is C19H19N2O5P. The van der Waals surface area contributed by atoms with Gasteiger partial charge >= 0.3 is 7.60 Å². The molecule has 3 aromatic rings. The van der Waals surface area contributed by atoms with Crippen LogP contribution in [-0.4, -0.2) is 37.3 Å². The number of carbonyl (C=O) groups is 1. The zero-order chi connectivity index (χ0) is 19.4. The van der Waals surface area contributed by atoms with Crippen LogP contribution < -0.4 is 10.2 Å². The average molecular weight is 386 g/mol. The number of nitrogens with zero attached hydrogens (tertiary/aromatic N) is 1. The van der Waals surface area contributed by atoms with Crippen LogP contribution in [0.4, 0.5) is 0 Å². The Morgan fingerprint density at radius 3 is 2.15 bits per heavy atom. The van der Waals surface area contributed by atoms with E-state index in [1.807, 2.05) is 6.07 Å². The molecule has 3 rings (SSSR count). The number of hydrogen-bond acceptors (Lipinski definition) is 6. The highest BCUT2D eigenvalue weighted by Gasteiger charge is 2.34. The zero-order valence-corrected chi connectivity index (χ0v) is 16.0. The third-order valence-corrected chi connectivity index (χ3v) is 5.96. The van der Waals surface area contributed by atoms with Crippen molar-refractivity contribution in [3.05, 3.63) is 65.9 Å². The third-order valence-electron chi connectivity index (χ3n) is 4.13. The maximum absolute atomic E-state index is 13.0. The van der Waals surface area contributed by atoms with E-state index in [2.05, 4.69) is 10.2 Å². The van der Waals surface area contributed by atoms with E-state index < -0.39 is 7.60 Å². The molecule has 0 unspecified atom stereocenters. The molecule has 0 aliphatic carbocycles. The number of carbonyl (C=O) groups excluding carboxylic acids is 1. The maximum Gasteiger partial charge on any atom is 0.379 e. The smallest absolute Gasteiger partial charge is 0.379 e. The van der Waals surface area contributed by atoms with Gasteiger partial charge in [-0.25, -0.2) is 0 Å². The first-order valence-electron chi connectivity index (χ1n) is 8.08. The van der Waals surface area contributed by atoms with Gasteiger partial charge in [-0.2, -0.15) is 5.10 Å². The third kappa shape index (κ3) is 3.57. The lowest BCUT2D eigenvalue weighted by Crippen LogP contribution is -2.13. The molecule has 0 amide bonds. The molecule has 1 N–H and O–H groups in total. The van der Waals surface area contributed by atoms with Gasteiger partial charge in [-0.05, 0) is 17.7 Å². The number of hydrogen-bond donors (Lipinski definition) is 1. The lowest BCUT2D eigenvalue weighted by atomic mass is 10.0. The number of methoxy groups -OCH3 is 1. The molecule has 7 nitrogen and oxygen atoms in total. The van der Waals surface area contributed by atoms with Crippen molar-refractivity contribution < 1.29 is 23.1 Å². The molecule has 0 saturated carbocycles. The Labute approximate surface area is 156 Å². The Kier molecular flexibility index (Phi) is 5.56. The summed E-state index contributed by atoms with van der Waals surface area (Å²) in [6, 6.07) is 15.7. The second-order valence-corrected chi connectivity index (χ2v) is 7.75. The van der Waals surface area contributed by atoms with Crippen LogP contribution in [0.3, 0.4) is 0 Å². The SMILES string of the molecule is COc1ccc(-c2c(C(=O)c3ccccc3)n[nH]c2P(=O)(OC)OC)cc1. The molecular weight excluding hydrogens is 367 g/mol. The van der Waals surface area contributed by atoms with E-state index in [0.29, 0.717) is 22.4 Å². The summed E-state index contributed by atoms with van der Waals surface area (Å²) >= 11 is 0. The molecule has 2 aromatic carbocycles. The van der Waals surface area contributed by atoms with Gasteiger partial charge in [0.2, 0.25) is 5.78 Å². The van der Waals surface area contributed by atoms with Crippen molar-refractivity contribution in [3.63, 3.8) is 0 Å². The van der Waals surface area contributed by atoms with Crippen LogP contribution in [0, 0.1) is 0 Å². The van der Waals surface area contributed by atoms with Gasteiger partial charge in [-0.3, -0.25) is 14.5 Å². The molecule has 1 aromatic heterocycles. The molecule has 27 heavy (non-hydrogen) atoms. The first kappa shape index (κ1) is 19.0. The van der Waals surface area contributed by atoms with Gasteiger partial charge in [0.1, 0.15) is 11.4 Å². The fraction of sp³-hybridized carbons (Fsp3) is 0.158. The summed E-state index contributed by atoms with van der Waals surface area (Å²) in [7, 11) is 0.454. The van der Waals surface area contributed by atoms with Gasteiger partial charge in [0, 0.05) is 25.3 Å². The fourth-order valence-corrected chi connectivity index (χ4v) is 3.91.